The number of hydrogen-bond donors (Lipinski definition) is 1. The van der Waals surface area contributed by atoms with Crippen LogP contribution >= 0.6 is 11.3 Å². The molecule has 5 nitrogen and oxygen atoms in total. The number of allylic oxidation sites excluding steroid dienone is 3. The van der Waals surface area contributed by atoms with Crippen LogP contribution in [0, 0.1) is 6.92 Å². The van der Waals surface area contributed by atoms with Crippen LogP contribution in [0.1, 0.15) is 23.2 Å². The van der Waals surface area contributed by atoms with Gasteiger partial charge in [-0.3, -0.25) is 4.79 Å². The summed E-state index contributed by atoms with van der Waals surface area (Å²) in [6, 6.07) is 7.61. The molecular weight excluding hydrogens is 336 g/mol. The summed E-state index contributed by atoms with van der Waals surface area (Å²) in [5, 5.41) is 5.30. The van der Waals surface area contributed by atoms with E-state index in [9.17, 15) is 9.59 Å². The van der Waals surface area contributed by atoms with E-state index >= 15 is 0 Å². The summed E-state index contributed by atoms with van der Waals surface area (Å²) < 4.78 is 5.08. The van der Waals surface area contributed by atoms with E-state index in [1.54, 1.807) is 17.5 Å². The number of nitrogens with zero attached hydrogens (tertiary/aromatic N) is 1. The zero-order valence-electron chi connectivity index (χ0n) is 14.2. The Hall–Kier alpha value is -2.73. The van der Waals surface area contributed by atoms with E-state index in [1.165, 1.54) is 17.4 Å². The van der Waals surface area contributed by atoms with Gasteiger partial charge in [0, 0.05) is 17.1 Å². The van der Waals surface area contributed by atoms with Crippen LogP contribution in [0.4, 0.5) is 5.69 Å². The zero-order valence-corrected chi connectivity index (χ0v) is 15.0. The van der Waals surface area contributed by atoms with Gasteiger partial charge in [0.1, 0.15) is 11.6 Å². The third-order valence-corrected chi connectivity index (χ3v) is 4.04. The number of carbonyl (C=O) groups is 2. The quantitative estimate of drug-likeness (QED) is 0.465. The van der Waals surface area contributed by atoms with Crippen molar-refractivity contribution in [1.29, 1.82) is 0 Å². The second-order valence-corrected chi connectivity index (χ2v) is 6.26. The SMILES string of the molecule is C/C=C/C=C/C(=O)OCc1csc(CC(=O)Nc2ccc(C)cc2)n1. The number of thiazole rings is 1. The van der Waals surface area contributed by atoms with E-state index in [4.69, 9.17) is 4.74 Å². The van der Waals surface area contributed by atoms with Crippen molar-refractivity contribution in [2.45, 2.75) is 26.9 Å². The molecule has 1 N–H and O–H groups in total. The fourth-order valence-electron chi connectivity index (χ4n) is 1.91. The average molecular weight is 356 g/mol. The Morgan fingerprint density at radius 1 is 1.24 bits per heavy atom. The van der Waals surface area contributed by atoms with Crippen LogP contribution in [0.15, 0.2) is 53.9 Å². The van der Waals surface area contributed by atoms with E-state index in [2.05, 4.69) is 10.3 Å². The Labute approximate surface area is 151 Å². The van der Waals surface area contributed by atoms with Crippen molar-refractivity contribution in [2.24, 2.45) is 0 Å². The van der Waals surface area contributed by atoms with E-state index in [0.717, 1.165) is 11.3 Å². The molecule has 25 heavy (non-hydrogen) atoms. The highest BCUT2D eigenvalue weighted by Gasteiger charge is 2.09. The van der Waals surface area contributed by atoms with Crippen molar-refractivity contribution < 1.29 is 14.3 Å². The molecule has 1 amide bonds. The summed E-state index contributed by atoms with van der Waals surface area (Å²) in [5.41, 5.74) is 2.53. The van der Waals surface area contributed by atoms with Crippen molar-refractivity contribution in [1.82, 2.24) is 4.98 Å². The highest BCUT2D eigenvalue weighted by molar-refractivity contribution is 7.09. The first-order chi connectivity index (χ1) is 12.1. The van der Waals surface area contributed by atoms with Gasteiger partial charge in [-0.1, -0.05) is 35.9 Å². The Morgan fingerprint density at radius 3 is 2.72 bits per heavy atom. The normalized spacial score (nSPS) is 11.1. The van der Waals surface area contributed by atoms with E-state index < -0.39 is 5.97 Å². The number of benzene rings is 1. The van der Waals surface area contributed by atoms with Crippen LogP contribution in [0.3, 0.4) is 0 Å². The number of hydrogen-bond acceptors (Lipinski definition) is 5. The lowest BCUT2D eigenvalue weighted by Crippen LogP contribution is -2.14. The summed E-state index contributed by atoms with van der Waals surface area (Å²) in [6.07, 6.45) is 6.72. The number of aryl methyl sites for hydroxylation is 1. The molecule has 1 aromatic carbocycles. The highest BCUT2D eigenvalue weighted by Crippen LogP contribution is 2.14. The number of rotatable bonds is 7. The Bertz CT molecular complexity index is 776. The van der Waals surface area contributed by atoms with Gasteiger partial charge < -0.3 is 10.1 Å². The molecule has 2 rings (SSSR count). The van der Waals surface area contributed by atoms with Crippen LogP contribution in [-0.2, 0) is 27.4 Å². The van der Waals surface area contributed by atoms with Crippen LogP contribution in [-0.4, -0.2) is 16.9 Å². The lowest BCUT2D eigenvalue weighted by Gasteiger charge is -2.04. The summed E-state index contributed by atoms with van der Waals surface area (Å²) in [7, 11) is 0. The number of nitrogens with one attached hydrogen (secondary N) is 1. The molecule has 0 saturated carbocycles. The molecule has 6 heteroatoms. The molecule has 0 aliphatic rings. The number of anilines is 1. The Morgan fingerprint density at radius 2 is 2.00 bits per heavy atom. The van der Waals surface area contributed by atoms with Crippen LogP contribution in [0.2, 0.25) is 0 Å². The Balaban J connectivity index is 1.81. The van der Waals surface area contributed by atoms with Gasteiger partial charge in [0.05, 0.1) is 12.1 Å². The predicted octanol–water partition coefficient (Wildman–Crippen LogP) is 3.81. The summed E-state index contributed by atoms with van der Waals surface area (Å²) in [6.45, 7) is 3.95. The average Bonchev–Trinajstić information content (AvgIpc) is 3.02. The van der Waals surface area contributed by atoms with Crippen LogP contribution in [0.25, 0.3) is 0 Å². The largest absolute Gasteiger partial charge is 0.456 e. The summed E-state index contributed by atoms with van der Waals surface area (Å²) in [5.74, 6) is -0.555. The van der Waals surface area contributed by atoms with Crippen LogP contribution in [0.5, 0.6) is 0 Å². The van der Waals surface area contributed by atoms with Crippen molar-refractivity contribution in [2.75, 3.05) is 5.32 Å². The number of esters is 1. The molecule has 0 fully saturated rings. The summed E-state index contributed by atoms with van der Waals surface area (Å²) >= 11 is 1.37. The third-order valence-electron chi connectivity index (χ3n) is 3.14. The van der Waals surface area contributed by atoms with Crippen molar-refractivity contribution in [3.63, 3.8) is 0 Å². The van der Waals surface area contributed by atoms with Gasteiger partial charge in [-0.2, -0.15) is 0 Å². The fraction of sp³-hybridized carbons (Fsp3) is 0.211. The molecule has 0 spiro atoms. The van der Waals surface area contributed by atoms with Gasteiger partial charge in [-0.25, -0.2) is 9.78 Å². The zero-order chi connectivity index (χ0) is 18.1. The molecule has 0 unspecified atom stereocenters. The Kier molecular flexibility index (Phi) is 7.10. The minimum atomic E-state index is -0.426. The number of aromatic nitrogens is 1. The molecule has 0 atom stereocenters. The topological polar surface area (TPSA) is 68.3 Å². The van der Waals surface area contributed by atoms with Crippen molar-refractivity contribution in [3.05, 3.63) is 70.2 Å². The third kappa shape index (κ3) is 6.73. The first-order valence-corrected chi connectivity index (χ1v) is 8.70. The minimum Gasteiger partial charge on any atom is -0.456 e. The maximum atomic E-state index is 12.0. The first-order valence-electron chi connectivity index (χ1n) is 7.82. The monoisotopic (exact) mass is 356 g/mol. The molecular formula is C19H20N2O3S. The van der Waals surface area contributed by atoms with Gasteiger partial charge in [0.15, 0.2) is 0 Å². The van der Waals surface area contributed by atoms with E-state index in [-0.39, 0.29) is 18.9 Å². The van der Waals surface area contributed by atoms with Gasteiger partial charge in [0.2, 0.25) is 5.91 Å². The molecule has 2 aromatic rings. The predicted molar refractivity (Wildman–Crippen MR) is 99.4 cm³/mol. The molecule has 1 aromatic heterocycles. The van der Waals surface area contributed by atoms with E-state index in [1.807, 2.05) is 44.2 Å². The molecule has 1 heterocycles. The first kappa shape index (κ1) is 18.6. The summed E-state index contributed by atoms with van der Waals surface area (Å²) in [4.78, 5) is 27.8. The van der Waals surface area contributed by atoms with Gasteiger partial charge in [-0.15, -0.1) is 11.3 Å². The fourth-order valence-corrected chi connectivity index (χ4v) is 2.69. The molecule has 0 radical (unpaired) electrons. The molecule has 0 aliphatic heterocycles. The van der Waals surface area contributed by atoms with Gasteiger partial charge in [-0.05, 0) is 26.0 Å². The minimum absolute atomic E-state index is 0.0924. The number of ether oxygens (including phenoxy) is 1. The molecule has 0 bridgehead atoms. The van der Waals surface area contributed by atoms with Gasteiger partial charge in [0.25, 0.3) is 0 Å². The number of carbonyl (C=O) groups excluding carboxylic acids is 2. The maximum Gasteiger partial charge on any atom is 0.331 e. The second kappa shape index (κ2) is 9.54. The number of amides is 1. The standard InChI is InChI=1S/C19H20N2O3S/c1-3-4-5-6-19(23)24-12-16-13-25-18(21-16)11-17(22)20-15-9-7-14(2)8-10-15/h3-10,13H,11-12H2,1-2H3,(H,20,22)/b4-3+,6-5+. The lowest BCUT2D eigenvalue weighted by atomic mass is 10.2. The highest BCUT2D eigenvalue weighted by atomic mass is 32.1. The molecule has 0 aliphatic carbocycles. The molecule has 0 saturated heterocycles. The molecule has 130 valence electrons. The van der Waals surface area contributed by atoms with Gasteiger partial charge >= 0.3 is 5.97 Å². The second-order valence-electron chi connectivity index (χ2n) is 5.32. The van der Waals surface area contributed by atoms with Crippen molar-refractivity contribution >= 4 is 28.9 Å². The van der Waals surface area contributed by atoms with Crippen LogP contribution < -0.4 is 5.32 Å². The smallest absolute Gasteiger partial charge is 0.331 e. The maximum absolute atomic E-state index is 12.0. The van der Waals surface area contributed by atoms with E-state index in [0.29, 0.717) is 10.7 Å². The van der Waals surface area contributed by atoms with Crippen molar-refractivity contribution in [3.8, 4) is 0 Å². The lowest BCUT2D eigenvalue weighted by molar-refractivity contribution is -0.139.